The number of rotatable bonds is 6. The SMILES string of the molecule is COc1ccc(C(=O)c2noc(CC(=O)OC(C)C)n2)cc1. The highest BCUT2D eigenvalue weighted by molar-refractivity contribution is 6.06. The fraction of sp³-hybridized carbons (Fsp3) is 0.333. The molecular formula is C15H16N2O5. The van der Waals surface area contributed by atoms with Gasteiger partial charge < -0.3 is 14.0 Å². The van der Waals surface area contributed by atoms with E-state index in [1.165, 1.54) is 0 Å². The Labute approximate surface area is 127 Å². The number of nitrogens with zero attached hydrogens (tertiary/aromatic N) is 2. The number of aromatic nitrogens is 2. The van der Waals surface area contributed by atoms with Crippen LogP contribution in [-0.4, -0.2) is 35.1 Å². The molecule has 0 radical (unpaired) electrons. The zero-order valence-electron chi connectivity index (χ0n) is 12.5. The molecule has 7 heteroatoms. The molecule has 0 unspecified atom stereocenters. The molecular weight excluding hydrogens is 288 g/mol. The van der Waals surface area contributed by atoms with Gasteiger partial charge in [-0.3, -0.25) is 9.59 Å². The van der Waals surface area contributed by atoms with Gasteiger partial charge in [0.15, 0.2) is 0 Å². The number of carbonyl (C=O) groups excluding carboxylic acids is 2. The summed E-state index contributed by atoms with van der Waals surface area (Å²) in [5.74, 6) is -0.293. The smallest absolute Gasteiger partial charge is 0.315 e. The molecule has 0 bridgehead atoms. The molecule has 7 nitrogen and oxygen atoms in total. The highest BCUT2D eigenvalue weighted by atomic mass is 16.5. The van der Waals surface area contributed by atoms with Crippen LogP contribution in [0.3, 0.4) is 0 Å². The van der Waals surface area contributed by atoms with Crippen molar-refractivity contribution in [3.05, 3.63) is 41.5 Å². The lowest BCUT2D eigenvalue weighted by molar-refractivity contribution is -0.146. The third kappa shape index (κ3) is 3.91. The Hall–Kier alpha value is -2.70. The lowest BCUT2D eigenvalue weighted by atomic mass is 10.1. The lowest BCUT2D eigenvalue weighted by Gasteiger charge is -2.05. The van der Waals surface area contributed by atoms with E-state index in [0.29, 0.717) is 11.3 Å². The van der Waals surface area contributed by atoms with Gasteiger partial charge in [-0.25, -0.2) is 0 Å². The molecule has 0 fully saturated rings. The molecule has 2 rings (SSSR count). The number of methoxy groups -OCH3 is 1. The molecule has 0 amide bonds. The Morgan fingerprint density at radius 3 is 2.50 bits per heavy atom. The molecule has 0 N–H and O–H groups in total. The van der Waals surface area contributed by atoms with Crippen molar-refractivity contribution in [2.75, 3.05) is 7.11 Å². The van der Waals surface area contributed by atoms with Gasteiger partial charge in [-0.1, -0.05) is 5.16 Å². The minimum absolute atomic E-state index is 0.0440. The van der Waals surface area contributed by atoms with Gasteiger partial charge in [-0.15, -0.1) is 0 Å². The maximum absolute atomic E-state index is 12.2. The second-order valence-electron chi connectivity index (χ2n) is 4.78. The van der Waals surface area contributed by atoms with Crippen molar-refractivity contribution in [1.29, 1.82) is 0 Å². The topological polar surface area (TPSA) is 91.5 Å². The van der Waals surface area contributed by atoms with Gasteiger partial charge in [0.05, 0.1) is 13.2 Å². The summed E-state index contributed by atoms with van der Waals surface area (Å²) < 4.78 is 14.9. The number of esters is 1. The van der Waals surface area contributed by atoms with E-state index in [4.69, 9.17) is 14.0 Å². The Morgan fingerprint density at radius 2 is 1.91 bits per heavy atom. The monoisotopic (exact) mass is 304 g/mol. The van der Waals surface area contributed by atoms with Crippen molar-refractivity contribution in [1.82, 2.24) is 10.1 Å². The molecule has 1 aromatic carbocycles. The Bertz CT molecular complexity index is 661. The summed E-state index contributed by atoms with van der Waals surface area (Å²) in [4.78, 5) is 27.6. The summed E-state index contributed by atoms with van der Waals surface area (Å²) in [6.07, 6.45) is -0.392. The van der Waals surface area contributed by atoms with Crippen molar-refractivity contribution in [2.24, 2.45) is 0 Å². The predicted octanol–water partition coefficient (Wildman–Crippen LogP) is 1.80. The average Bonchev–Trinajstić information content (AvgIpc) is 2.94. The first-order valence-electron chi connectivity index (χ1n) is 6.70. The highest BCUT2D eigenvalue weighted by Crippen LogP contribution is 2.14. The molecule has 0 aliphatic carbocycles. The van der Waals surface area contributed by atoms with E-state index in [0.717, 1.165) is 0 Å². The first-order valence-corrected chi connectivity index (χ1v) is 6.70. The fourth-order valence-electron chi connectivity index (χ4n) is 1.72. The number of carbonyl (C=O) groups is 2. The van der Waals surface area contributed by atoms with Crippen molar-refractivity contribution in [3.8, 4) is 5.75 Å². The molecule has 22 heavy (non-hydrogen) atoms. The Morgan fingerprint density at radius 1 is 1.23 bits per heavy atom. The van der Waals surface area contributed by atoms with Crippen LogP contribution in [0.15, 0.2) is 28.8 Å². The third-order valence-corrected chi connectivity index (χ3v) is 2.69. The van der Waals surface area contributed by atoms with Gasteiger partial charge in [0.25, 0.3) is 0 Å². The molecule has 0 saturated heterocycles. The van der Waals surface area contributed by atoms with Crippen molar-refractivity contribution >= 4 is 11.8 Å². The van der Waals surface area contributed by atoms with E-state index in [1.54, 1.807) is 45.2 Å². The minimum Gasteiger partial charge on any atom is -0.497 e. The Kier molecular flexibility index (Phi) is 4.88. The Balaban J connectivity index is 2.06. The van der Waals surface area contributed by atoms with Crippen LogP contribution < -0.4 is 4.74 Å². The zero-order chi connectivity index (χ0) is 16.1. The molecule has 0 aliphatic heterocycles. The molecule has 0 saturated carbocycles. The molecule has 0 atom stereocenters. The van der Waals surface area contributed by atoms with E-state index < -0.39 is 11.8 Å². The predicted molar refractivity (Wildman–Crippen MR) is 75.7 cm³/mol. The maximum atomic E-state index is 12.2. The van der Waals surface area contributed by atoms with E-state index in [9.17, 15) is 9.59 Å². The molecule has 0 aliphatic rings. The molecule has 0 spiro atoms. The molecule has 1 aromatic heterocycles. The van der Waals surface area contributed by atoms with E-state index in [-0.39, 0.29) is 24.2 Å². The second-order valence-corrected chi connectivity index (χ2v) is 4.78. The van der Waals surface area contributed by atoms with Gasteiger partial charge in [-0.2, -0.15) is 4.98 Å². The van der Waals surface area contributed by atoms with Crippen LogP contribution in [0.1, 0.15) is 35.9 Å². The number of benzene rings is 1. The van der Waals surface area contributed by atoms with Gasteiger partial charge in [0.1, 0.15) is 12.2 Å². The van der Waals surface area contributed by atoms with Crippen LogP contribution >= 0.6 is 0 Å². The van der Waals surface area contributed by atoms with E-state index >= 15 is 0 Å². The third-order valence-electron chi connectivity index (χ3n) is 2.69. The summed E-state index contributed by atoms with van der Waals surface area (Å²) in [5, 5.41) is 3.59. The summed E-state index contributed by atoms with van der Waals surface area (Å²) >= 11 is 0. The van der Waals surface area contributed by atoms with Crippen molar-refractivity contribution < 1.29 is 23.6 Å². The van der Waals surface area contributed by atoms with Crippen molar-refractivity contribution in [2.45, 2.75) is 26.4 Å². The van der Waals surface area contributed by atoms with Gasteiger partial charge >= 0.3 is 5.97 Å². The number of ketones is 1. The quantitative estimate of drug-likeness (QED) is 0.593. The fourth-order valence-corrected chi connectivity index (χ4v) is 1.72. The second kappa shape index (κ2) is 6.84. The molecule has 2 aromatic rings. The first-order chi connectivity index (χ1) is 10.5. The highest BCUT2D eigenvalue weighted by Gasteiger charge is 2.19. The van der Waals surface area contributed by atoms with Crippen LogP contribution in [0.2, 0.25) is 0 Å². The van der Waals surface area contributed by atoms with E-state index in [1.807, 2.05) is 0 Å². The van der Waals surface area contributed by atoms with Crippen LogP contribution in [0.25, 0.3) is 0 Å². The number of ether oxygens (including phenoxy) is 2. The maximum Gasteiger partial charge on any atom is 0.315 e. The van der Waals surface area contributed by atoms with Crippen molar-refractivity contribution in [3.63, 3.8) is 0 Å². The van der Waals surface area contributed by atoms with Gasteiger partial charge in [0.2, 0.25) is 17.5 Å². The average molecular weight is 304 g/mol. The van der Waals surface area contributed by atoms with Crippen LogP contribution in [0.5, 0.6) is 5.75 Å². The van der Waals surface area contributed by atoms with E-state index in [2.05, 4.69) is 10.1 Å². The normalized spacial score (nSPS) is 10.5. The summed E-state index contributed by atoms with van der Waals surface area (Å²) in [6.45, 7) is 3.48. The molecule has 116 valence electrons. The molecule has 1 heterocycles. The number of hydrogen-bond donors (Lipinski definition) is 0. The van der Waals surface area contributed by atoms with Crippen LogP contribution in [0.4, 0.5) is 0 Å². The first kappa shape index (κ1) is 15.7. The summed E-state index contributed by atoms with van der Waals surface area (Å²) in [6, 6.07) is 6.52. The summed E-state index contributed by atoms with van der Waals surface area (Å²) in [7, 11) is 1.54. The van der Waals surface area contributed by atoms with Gasteiger partial charge in [-0.05, 0) is 38.1 Å². The lowest BCUT2D eigenvalue weighted by Crippen LogP contribution is -2.14. The standard InChI is InChI=1S/C15H16N2O5/c1-9(2)21-13(18)8-12-16-15(17-22-12)14(19)10-4-6-11(20-3)7-5-10/h4-7,9H,8H2,1-3H3. The van der Waals surface area contributed by atoms with Gasteiger partial charge in [0, 0.05) is 5.56 Å². The largest absolute Gasteiger partial charge is 0.497 e. The minimum atomic E-state index is -0.484. The summed E-state index contributed by atoms with van der Waals surface area (Å²) in [5.41, 5.74) is 0.401. The number of hydrogen-bond acceptors (Lipinski definition) is 7. The van der Waals surface area contributed by atoms with Crippen LogP contribution in [-0.2, 0) is 16.0 Å². The zero-order valence-corrected chi connectivity index (χ0v) is 12.5. The van der Waals surface area contributed by atoms with Crippen LogP contribution in [0, 0.1) is 0 Å².